The molecule has 2 atom stereocenters. The van der Waals surface area contributed by atoms with E-state index in [0.29, 0.717) is 11.8 Å². The van der Waals surface area contributed by atoms with Gasteiger partial charge in [-0.2, -0.15) is 0 Å². The van der Waals surface area contributed by atoms with Crippen LogP contribution in [0.15, 0.2) is 10.5 Å². The van der Waals surface area contributed by atoms with Gasteiger partial charge in [-0.1, -0.05) is 12.8 Å². The number of piperidine rings is 1. The van der Waals surface area contributed by atoms with E-state index in [4.69, 9.17) is 4.42 Å². The number of aliphatic hydroxyl groups excluding tert-OH is 1. The highest BCUT2D eigenvalue weighted by atomic mass is 16.3. The number of likely N-dealkylation sites (tertiary alicyclic amines) is 1. The van der Waals surface area contributed by atoms with E-state index in [-0.39, 0.29) is 18.1 Å². The molecule has 1 aliphatic heterocycles. The van der Waals surface area contributed by atoms with E-state index in [1.54, 1.807) is 0 Å². The third-order valence-corrected chi connectivity index (χ3v) is 5.27. The number of hydrogen-bond donors (Lipinski definition) is 2. The van der Waals surface area contributed by atoms with Crippen LogP contribution in [0.25, 0.3) is 0 Å². The second-order valence-electron chi connectivity index (χ2n) is 7.07. The first-order valence-electron chi connectivity index (χ1n) is 8.84. The quantitative estimate of drug-likeness (QED) is 0.897. The first-order valence-corrected chi connectivity index (χ1v) is 8.84. The van der Waals surface area contributed by atoms with Crippen molar-refractivity contribution >= 4 is 5.91 Å². The van der Waals surface area contributed by atoms with E-state index in [1.165, 1.54) is 6.42 Å². The Morgan fingerprint density at radius 3 is 2.52 bits per heavy atom. The second-order valence-corrected chi connectivity index (χ2v) is 7.07. The maximum absolute atomic E-state index is 12.3. The van der Waals surface area contributed by atoms with E-state index >= 15 is 0 Å². The number of amides is 1. The number of nitrogens with zero attached hydrogens (tertiary/aromatic N) is 1. The van der Waals surface area contributed by atoms with Gasteiger partial charge in [-0.25, -0.2) is 0 Å². The lowest BCUT2D eigenvalue weighted by molar-refractivity contribution is 0.00721. The summed E-state index contributed by atoms with van der Waals surface area (Å²) in [5.41, 5.74) is 0.891. The molecule has 1 amide bonds. The molecule has 0 radical (unpaired) electrons. The van der Waals surface area contributed by atoms with E-state index in [0.717, 1.165) is 56.5 Å². The summed E-state index contributed by atoms with van der Waals surface area (Å²) in [6.07, 6.45) is 6.09. The fraction of sp³-hybridized carbons (Fsp3) is 0.722. The minimum Gasteiger partial charge on any atom is -0.456 e. The largest absolute Gasteiger partial charge is 0.456 e. The molecule has 5 heteroatoms. The number of furan rings is 1. The maximum atomic E-state index is 12.3. The molecule has 0 bridgehead atoms. The molecule has 0 spiro atoms. The van der Waals surface area contributed by atoms with Gasteiger partial charge in [0, 0.05) is 30.7 Å². The third kappa shape index (κ3) is 3.78. The monoisotopic (exact) mass is 320 g/mol. The van der Waals surface area contributed by atoms with Gasteiger partial charge in [-0.15, -0.1) is 0 Å². The first-order chi connectivity index (χ1) is 11.0. The van der Waals surface area contributed by atoms with Gasteiger partial charge >= 0.3 is 0 Å². The average molecular weight is 320 g/mol. The summed E-state index contributed by atoms with van der Waals surface area (Å²) in [6.45, 7) is 5.65. The molecule has 2 fully saturated rings. The second kappa shape index (κ2) is 7.05. The van der Waals surface area contributed by atoms with E-state index < -0.39 is 0 Å². The summed E-state index contributed by atoms with van der Waals surface area (Å²) in [7, 11) is 0. The van der Waals surface area contributed by atoms with Gasteiger partial charge in [0.25, 0.3) is 5.91 Å². The minimum absolute atomic E-state index is 0.105. The summed E-state index contributed by atoms with van der Waals surface area (Å²) < 4.78 is 5.49. The van der Waals surface area contributed by atoms with Crippen LogP contribution in [-0.2, 0) is 0 Å². The van der Waals surface area contributed by atoms with Crippen molar-refractivity contribution in [2.24, 2.45) is 0 Å². The Labute approximate surface area is 138 Å². The van der Waals surface area contributed by atoms with Crippen LogP contribution in [-0.4, -0.2) is 47.2 Å². The molecule has 2 N–H and O–H groups in total. The smallest absolute Gasteiger partial charge is 0.287 e. The summed E-state index contributed by atoms with van der Waals surface area (Å²) in [4.78, 5) is 14.7. The van der Waals surface area contributed by atoms with Crippen molar-refractivity contribution in [3.8, 4) is 0 Å². The van der Waals surface area contributed by atoms with E-state index in [9.17, 15) is 9.90 Å². The summed E-state index contributed by atoms with van der Waals surface area (Å²) >= 11 is 0. The lowest BCUT2D eigenvalue weighted by Crippen LogP contribution is -2.52. The number of aryl methyl sites for hydroxylation is 2. The minimum atomic E-state index is -0.177. The van der Waals surface area contributed by atoms with Crippen molar-refractivity contribution in [1.82, 2.24) is 10.2 Å². The van der Waals surface area contributed by atoms with Crippen LogP contribution in [0.2, 0.25) is 0 Å². The van der Waals surface area contributed by atoms with E-state index in [2.05, 4.69) is 10.2 Å². The Morgan fingerprint density at radius 1 is 1.22 bits per heavy atom. The molecular weight excluding hydrogens is 292 g/mol. The Balaban J connectivity index is 1.51. The molecule has 1 aliphatic carbocycles. The molecule has 1 saturated carbocycles. The predicted molar refractivity (Wildman–Crippen MR) is 88.5 cm³/mol. The highest BCUT2D eigenvalue weighted by Gasteiger charge is 2.32. The molecule has 5 nitrogen and oxygen atoms in total. The van der Waals surface area contributed by atoms with Crippen LogP contribution in [0.3, 0.4) is 0 Å². The van der Waals surface area contributed by atoms with Crippen molar-refractivity contribution in [2.45, 2.75) is 70.6 Å². The standard InChI is InChI=1S/C18H28N2O3/c1-12-11-13(2)23-17(12)18(22)19-14-7-9-20(10-8-14)15-5-3-4-6-16(15)21/h11,14-16,21H,3-10H2,1-2H3,(H,19,22). The van der Waals surface area contributed by atoms with Crippen molar-refractivity contribution in [1.29, 1.82) is 0 Å². The summed E-state index contributed by atoms with van der Waals surface area (Å²) in [5, 5.41) is 13.3. The molecule has 3 rings (SSSR count). The lowest BCUT2D eigenvalue weighted by atomic mass is 9.89. The number of carbonyl (C=O) groups excluding carboxylic acids is 1. The van der Waals surface area contributed by atoms with Crippen molar-refractivity contribution in [2.75, 3.05) is 13.1 Å². The molecule has 0 aromatic carbocycles. The van der Waals surface area contributed by atoms with Crippen molar-refractivity contribution in [3.05, 3.63) is 23.2 Å². The van der Waals surface area contributed by atoms with Crippen LogP contribution in [0.1, 0.15) is 60.4 Å². The molecule has 23 heavy (non-hydrogen) atoms. The number of carbonyl (C=O) groups is 1. The van der Waals surface area contributed by atoms with Gasteiger partial charge in [-0.05, 0) is 45.6 Å². The molecule has 2 heterocycles. The average Bonchev–Trinajstić information content (AvgIpc) is 2.87. The van der Waals surface area contributed by atoms with Crippen LogP contribution in [0.4, 0.5) is 0 Å². The number of hydrogen-bond acceptors (Lipinski definition) is 4. The zero-order chi connectivity index (χ0) is 16.4. The zero-order valence-corrected chi connectivity index (χ0v) is 14.2. The van der Waals surface area contributed by atoms with E-state index in [1.807, 2.05) is 19.9 Å². The Morgan fingerprint density at radius 2 is 1.91 bits per heavy atom. The van der Waals surface area contributed by atoms with Crippen molar-refractivity contribution < 1.29 is 14.3 Å². The molecular formula is C18H28N2O3. The SMILES string of the molecule is Cc1cc(C)c(C(=O)NC2CCN(C3CCCCC3O)CC2)o1. The molecule has 1 aromatic heterocycles. The first kappa shape index (κ1) is 16.5. The predicted octanol–water partition coefficient (Wildman–Crippen LogP) is 2.39. The van der Waals surface area contributed by atoms with Gasteiger partial charge in [0.15, 0.2) is 5.76 Å². The van der Waals surface area contributed by atoms with Gasteiger partial charge < -0.3 is 14.8 Å². The highest BCUT2D eigenvalue weighted by molar-refractivity contribution is 5.93. The van der Waals surface area contributed by atoms with Crippen LogP contribution in [0.5, 0.6) is 0 Å². The zero-order valence-electron chi connectivity index (χ0n) is 14.2. The van der Waals surface area contributed by atoms with Crippen LogP contribution >= 0.6 is 0 Å². The van der Waals surface area contributed by atoms with Gasteiger partial charge in [-0.3, -0.25) is 9.69 Å². The number of nitrogens with one attached hydrogen (secondary N) is 1. The molecule has 128 valence electrons. The lowest BCUT2D eigenvalue weighted by Gasteiger charge is -2.41. The summed E-state index contributed by atoms with van der Waals surface area (Å²) in [6, 6.07) is 2.40. The number of aliphatic hydroxyl groups is 1. The highest BCUT2D eigenvalue weighted by Crippen LogP contribution is 2.26. The van der Waals surface area contributed by atoms with Crippen LogP contribution in [0, 0.1) is 13.8 Å². The van der Waals surface area contributed by atoms with Gasteiger partial charge in [0.05, 0.1) is 6.10 Å². The molecule has 1 aromatic rings. The Kier molecular flexibility index (Phi) is 5.07. The van der Waals surface area contributed by atoms with Gasteiger partial charge in [0.1, 0.15) is 5.76 Å². The molecule has 2 aliphatic rings. The maximum Gasteiger partial charge on any atom is 0.287 e. The topological polar surface area (TPSA) is 65.7 Å². The Hall–Kier alpha value is -1.33. The fourth-order valence-corrected chi connectivity index (χ4v) is 4.01. The number of rotatable bonds is 3. The molecule has 2 unspecified atom stereocenters. The fourth-order valence-electron chi connectivity index (χ4n) is 4.01. The van der Waals surface area contributed by atoms with Crippen molar-refractivity contribution in [3.63, 3.8) is 0 Å². The normalized spacial score (nSPS) is 27.1. The third-order valence-electron chi connectivity index (χ3n) is 5.27. The molecule has 1 saturated heterocycles. The summed E-state index contributed by atoms with van der Waals surface area (Å²) in [5.74, 6) is 1.10. The van der Waals surface area contributed by atoms with Gasteiger partial charge in [0.2, 0.25) is 0 Å². The Bertz CT molecular complexity index is 546. The van der Waals surface area contributed by atoms with Crippen LogP contribution < -0.4 is 5.32 Å².